The highest BCUT2D eigenvalue weighted by atomic mass is 127. The van der Waals surface area contributed by atoms with Crippen LogP contribution in [0.1, 0.15) is 12.5 Å². The topological polar surface area (TPSA) is 25.2 Å². The van der Waals surface area contributed by atoms with Crippen LogP contribution in [-0.4, -0.2) is 17.7 Å². The van der Waals surface area contributed by atoms with E-state index in [4.69, 9.17) is 11.6 Å². The Morgan fingerprint density at radius 2 is 2.33 bits per heavy atom. The third-order valence-corrected chi connectivity index (χ3v) is 2.60. The summed E-state index contributed by atoms with van der Waals surface area (Å²) in [6, 6.07) is 1.87. The zero-order chi connectivity index (χ0) is 9.14. The van der Waals surface area contributed by atoms with Gasteiger partial charge in [0.25, 0.3) is 0 Å². The molecule has 12 heavy (non-hydrogen) atoms. The first kappa shape index (κ1) is 9.92. The van der Waals surface area contributed by atoms with Crippen LogP contribution in [-0.2, 0) is 0 Å². The first-order valence-corrected chi connectivity index (χ1v) is 4.85. The van der Waals surface area contributed by atoms with Gasteiger partial charge in [-0.15, -0.1) is 0 Å². The Balaban J connectivity index is 3.23. The second-order valence-corrected chi connectivity index (χ2v) is 3.76. The Bertz CT molecular complexity index is 323. The van der Waals surface area contributed by atoms with Gasteiger partial charge >= 0.3 is 0 Å². The summed E-state index contributed by atoms with van der Waals surface area (Å²) in [7, 11) is 1.76. The van der Waals surface area contributed by atoms with E-state index in [9.17, 15) is 0 Å². The van der Waals surface area contributed by atoms with Gasteiger partial charge in [0.2, 0.25) is 0 Å². The molecule has 0 saturated carbocycles. The van der Waals surface area contributed by atoms with Gasteiger partial charge in [0.15, 0.2) is 0 Å². The standard InChI is InChI=1S/C8H8ClIN2/c1-5(11-2)7-3-6(9)4-12-8(7)10/h3-4H,1-2H3. The smallest absolute Gasteiger partial charge is 0.110 e. The number of hydrogen-bond acceptors (Lipinski definition) is 2. The van der Waals surface area contributed by atoms with Gasteiger partial charge in [-0.2, -0.15) is 0 Å². The lowest BCUT2D eigenvalue weighted by molar-refractivity contribution is 1.25. The van der Waals surface area contributed by atoms with E-state index in [-0.39, 0.29) is 0 Å². The van der Waals surface area contributed by atoms with Gasteiger partial charge in [-0.3, -0.25) is 4.99 Å². The average molecular weight is 295 g/mol. The molecule has 0 amide bonds. The summed E-state index contributed by atoms with van der Waals surface area (Å²) in [5, 5.41) is 0.647. The van der Waals surface area contributed by atoms with Crippen LogP contribution >= 0.6 is 34.2 Å². The highest BCUT2D eigenvalue weighted by Gasteiger charge is 2.03. The Kier molecular flexibility index (Phi) is 3.46. The minimum Gasteiger partial charge on any atom is -0.293 e. The molecule has 0 saturated heterocycles. The van der Waals surface area contributed by atoms with Crippen molar-refractivity contribution in [3.05, 3.63) is 26.5 Å². The van der Waals surface area contributed by atoms with E-state index >= 15 is 0 Å². The van der Waals surface area contributed by atoms with Gasteiger partial charge in [0.05, 0.1) is 5.02 Å². The third kappa shape index (κ3) is 2.17. The highest BCUT2D eigenvalue weighted by Crippen LogP contribution is 2.15. The molecule has 0 spiro atoms. The largest absolute Gasteiger partial charge is 0.293 e. The predicted molar refractivity (Wildman–Crippen MR) is 60.1 cm³/mol. The minimum absolute atomic E-state index is 0.647. The zero-order valence-electron chi connectivity index (χ0n) is 6.81. The predicted octanol–water partition coefficient (Wildman–Crippen LogP) is 2.78. The number of halogens is 2. The van der Waals surface area contributed by atoms with Crippen molar-refractivity contribution in [2.45, 2.75) is 6.92 Å². The van der Waals surface area contributed by atoms with E-state index in [1.807, 2.05) is 13.0 Å². The molecule has 0 aliphatic carbocycles. The summed E-state index contributed by atoms with van der Waals surface area (Å²) in [6.07, 6.45) is 1.63. The Labute approximate surface area is 90.2 Å². The van der Waals surface area contributed by atoms with Crippen molar-refractivity contribution in [3.8, 4) is 0 Å². The van der Waals surface area contributed by atoms with Crippen LogP contribution in [0, 0.1) is 3.70 Å². The number of aliphatic imine (C=N–C) groups is 1. The minimum atomic E-state index is 0.647. The number of aromatic nitrogens is 1. The van der Waals surface area contributed by atoms with E-state index in [2.05, 4.69) is 32.6 Å². The molecular formula is C8H8ClIN2. The molecule has 1 aromatic rings. The molecule has 4 heteroatoms. The van der Waals surface area contributed by atoms with Crippen LogP contribution in [0.3, 0.4) is 0 Å². The highest BCUT2D eigenvalue weighted by molar-refractivity contribution is 14.1. The maximum atomic E-state index is 5.80. The lowest BCUT2D eigenvalue weighted by Gasteiger charge is -2.02. The van der Waals surface area contributed by atoms with Crippen molar-refractivity contribution in [1.82, 2.24) is 4.98 Å². The van der Waals surface area contributed by atoms with Gasteiger partial charge in [-0.05, 0) is 35.6 Å². The zero-order valence-corrected chi connectivity index (χ0v) is 9.72. The van der Waals surface area contributed by atoms with Gasteiger partial charge in [-0.25, -0.2) is 4.98 Å². The fraction of sp³-hybridized carbons (Fsp3) is 0.250. The van der Waals surface area contributed by atoms with E-state index in [1.54, 1.807) is 13.2 Å². The summed E-state index contributed by atoms with van der Waals surface area (Å²) in [5.74, 6) is 0. The normalized spacial score (nSPS) is 11.8. The second-order valence-electron chi connectivity index (χ2n) is 2.30. The van der Waals surface area contributed by atoms with E-state index in [1.165, 1.54) is 0 Å². The van der Waals surface area contributed by atoms with E-state index in [0.29, 0.717) is 5.02 Å². The summed E-state index contributed by atoms with van der Waals surface area (Å²) >= 11 is 7.96. The van der Waals surface area contributed by atoms with Crippen LogP contribution in [0.5, 0.6) is 0 Å². The van der Waals surface area contributed by atoms with Crippen LogP contribution in [0.25, 0.3) is 0 Å². The SMILES string of the molecule is CN=C(C)c1cc(Cl)cnc1I. The average Bonchev–Trinajstić information content (AvgIpc) is 2.08. The van der Waals surface area contributed by atoms with Gasteiger partial charge in [-0.1, -0.05) is 11.6 Å². The summed E-state index contributed by atoms with van der Waals surface area (Å²) in [4.78, 5) is 8.20. The number of pyridine rings is 1. The van der Waals surface area contributed by atoms with Crippen molar-refractivity contribution in [1.29, 1.82) is 0 Å². The maximum Gasteiger partial charge on any atom is 0.110 e. The van der Waals surface area contributed by atoms with E-state index in [0.717, 1.165) is 15.0 Å². The fourth-order valence-electron chi connectivity index (χ4n) is 0.797. The molecule has 0 unspecified atom stereocenters. The van der Waals surface area contributed by atoms with Crippen molar-refractivity contribution in [2.75, 3.05) is 7.05 Å². The molecule has 1 rings (SSSR count). The van der Waals surface area contributed by atoms with Crippen molar-refractivity contribution < 1.29 is 0 Å². The van der Waals surface area contributed by atoms with Crippen LogP contribution in [0.4, 0.5) is 0 Å². The third-order valence-electron chi connectivity index (χ3n) is 1.53. The van der Waals surface area contributed by atoms with Crippen LogP contribution in [0.15, 0.2) is 17.3 Å². The number of nitrogens with zero attached hydrogens (tertiary/aromatic N) is 2. The van der Waals surface area contributed by atoms with Crippen molar-refractivity contribution in [3.63, 3.8) is 0 Å². The Morgan fingerprint density at radius 1 is 1.67 bits per heavy atom. The van der Waals surface area contributed by atoms with E-state index < -0.39 is 0 Å². The summed E-state index contributed by atoms with van der Waals surface area (Å²) < 4.78 is 0.931. The molecule has 2 nitrogen and oxygen atoms in total. The Hall–Kier alpha value is -0.160. The van der Waals surface area contributed by atoms with Crippen molar-refractivity contribution in [2.24, 2.45) is 4.99 Å². The van der Waals surface area contributed by atoms with Crippen molar-refractivity contribution >= 4 is 39.9 Å². The molecule has 0 fully saturated rings. The maximum absolute atomic E-state index is 5.80. The molecule has 64 valence electrons. The lowest BCUT2D eigenvalue weighted by Crippen LogP contribution is -1.99. The monoisotopic (exact) mass is 294 g/mol. The van der Waals surface area contributed by atoms with Crippen LogP contribution < -0.4 is 0 Å². The second kappa shape index (κ2) is 4.18. The molecule has 0 radical (unpaired) electrons. The molecule has 1 heterocycles. The first-order valence-electron chi connectivity index (χ1n) is 3.40. The molecule has 0 atom stereocenters. The fourth-order valence-corrected chi connectivity index (χ4v) is 1.64. The molecule has 0 aliphatic heterocycles. The Morgan fingerprint density at radius 3 is 2.92 bits per heavy atom. The molecule has 0 aromatic carbocycles. The molecule has 0 N–H and O–H groups in total. The lowest BCUT2D eigenvalue weighted by atomic mass is 10.2. The van der Waals surface area contributed by atoms with Crippen LogP contribution in [0.2, 0.25) is 5.02 Å². The van der Waals surface area contributed by atoms with Gasteiger partial charge in [0.1, 0.15) is 3.70 Å². The molecular weight excluding hydrogens is 286 g/mol. The summed E-state index contributed by atoms with van der Waals surface area (Å²) in [6.45, 7) is 1.94. The van der Waals surface area contributed by atoms with Gasteiger partial charge in [0, 0.05) is 24.5 Å². The number of rotatable bonds is 1. The molecule has 1 aromatic heterocycles. The molecule has 0 aliphatic rings. The first-order chi connectivity index (χ1) is 5.65. The number of hydrogen-bond donors (Lipinski definition) is 0. The summed E-state index contributed by atoms with van der Waals surface area (Å²) in [5.41, 5.74) is 1.96. The molecule has 0 bridgehead atoms. The quantitative estimate of drug-likeness (QED) is 0.444. The van der Waals surface area contributed by atoms with Gasteiger partial charge < -0.3 is 0 Å².